The minimum Gasteiger partial charge on any atom is -0.337 e. The van der Waals surface area contributed by atoms with E-state index in [-0.39, 0.29) is 0 Å². The highest BCUT2D eigenvalue weighted by atomic mass is 16.2. The summed E-state index contributed by atoms with van der Waals surface area (Å²) in [5.74, 6) is 1.08. The van der Waals surface area contributed by atoms with Crippen molar-refractivity contribution in [2.75, 3.05) is 19.6 Å². The third-order valence-corrected chi connectivity index (χ3v) is 4.25. The second kappa shape index (κ2) is 6.89. The molecule has 1 amide bonds. The van der Waals surface area contributed by atoms with Gasteiger partial charge in [-0.25, -0.2) is 0 Å². The summed E-state index contributed by atoms with van der Waals surface area (Å²) in [4.78, 5) is 14.6. The molecule has 2 unspecified atom stereocenters. The Labute approximate surface area is 122 Å². The lowest BCUT2D eigenvalue weighted by Gasteiger charge is -2.35. The molecule has 20 heavy (non-hydrogen) atoms. The summed E-state index contributed by atoms with van der Waals surface area (Å²) in [6.45, 7) is 9.17. The average molecular weight is 274 g/mol. The van der Waals surface area contributed by atoms with Crippen LogP contribution in [0.4, 0.5) is 0 Å². The Kier molecular flexibility index (Phi) is 5.18. The van der Waals surface area contributed by atoms with Crippen molar-refractivity contribution in [3.63, 3.8) is 0 Å². The second-order valence-electron chi connectivity index (χ2n) is 6.11. The van der Waals surface area contributed by atoms with Crippen molar-refractivity contribution in [3.05, 3.63) is 35.9 Å². The lowest BCUT2D eigenvalue weighted by Crippen LogP contribution is -2.52. The SMILES string of the molecule is CC(C)C(CC(=O)N1CCNCC1C)c1ccccc1. The van der Waals surface area contributed by atoms with Crippen LogP contribution in [0.1, 0.15) is 38.7 Å². The third-order valence-electron chi connectivity index (χ3n) is 4.25. The zero-order chi connectivity index (χ0) is 14.5. The first-order chi connectivity index (χ1) is 9.59. The van der Waals surface area contributed by atoms with Gasteiger partial charge in [-0.05, 0) is 24.3 Å². The first-order valence-corrected chi connectivity index (χ1v) is 7.64. The fraction of sp³-hybridized carbons (Fsp3) is 0.588. The van der Waals surface area contributed by atoms with Gasteiger partial charge in [0.05, 0.1) is 0 Å². The number of amides is 1. The van der Waals surface area contributed by atoms with Crippen LogP contribution in [0.3, 0.4) is 0 Å². The number of nitrogens with one attached hydrogen (secondary N) is 1. The molecule has 3 nitrogen and oxygen atoms in total. The fourth-order valence-corrected chi connectivity index (χ4v) is 2.96. The number of rotatable bonds is 4. The Balaban J connectivity index is 2.06. The van der Waals surface area contributed by atoms with Gasteiger partial charge in [-0.15, -0.1) is 0 Å². The van der Waals surface area contributed by atoms with Gasteiger partial charge in [0.25, 0.3) is 0 Å². The van der Waals surface area contributed by atoms with Crippen LogP contribution in [0.5, 0.6) is 0 Å². The van der Waals surface area contributed by atoms with E-state index in [9.17, 15) is 4.79 Å². The van der Waals surface area contributed by atoms with Crippen LogP contribution in [-0.4, -0.2) is 36.5 Å². The highest BCUT2D eigenvalue weighted by Crippen LogP contribution is 2.28. The number of hydrogen-bond donors (Lipinski definition) is 1. The predicted octanol–water partition coefficient (Wildman–Crippen LogP) is 2.64. The van der Waals surface area contributed by atoms with Crippen molar-refractivity contribution in [1.29, 1.82) is 0 Å². The Morgan fingerprint density at radius 2 is 2.05 bits per heavy atom. The first kappa shape index (κ1) is 15.0. The van der Waals surface area contributed by atoms with Crippen molar-refractivity contribution in [1.82, 2.24) is 10.2 Å². The molecule has 1 aromatic carbocycles. The molecule has 1 N–H and O–H groups in total. The lowest BCUT2D eigenvalue weighted by atomic mass is 9.85. The van der Waals surface area contributed by atoms with Crippen LogP contribution in [0.15, 0.2) is 30.3 Å². The minimum absolute atomic E-state index is 0.293. The molecule has 110 valence electrons. The van der Waals surface area contributed by atoms with E-state index in [0.717, 1.165) is 19.6 Å². The highest BCUT2D eigenvalue weighted by molar-refractivity contribution is 5.77. The van der Waals surface area contributed by atoms with E-state index in [1.165, 1.54) is 5.56 Å². The zero-order valence-corrected chi connectivity index (χ0v) is 12.8. The van der Waals surface area contributed by atoms with Gasteiger partial charge in [0.2, 0.25) is 5.91 Å². The molecule has 2 rings (SSSR count). The molecular formula is C17H26N2O. The van der Waals surface area contributed by atoms with Crippen LogP contribution in [0.2, 0.25) is 0 Å². The molecule has 1 saturated heterocycles. The van der Waals surface area contributed by atoms with E-state index in [0.29, 0.717) is 30.2 Å². The van der Waals surface area contributed by atoms with Gasteiger partial charge >= 0.3 is 0 Å². The number of carbonyl (C=O) groups is 1. The summed E-state index contributed by atoms with van der Waals surface area (Å²) in [5.41, 5.74) is 1.28. The topological polar surface area (TPSA) is 32.3 Å². The van der Waals surface area contributed by atoms with Gasteiger partial charge < -0.3 is 10.2 Å². The smallest absolute Gasteiger partial charge is 0.223 e. The Hall–Kier alpha value is -1.35. The lowest BCUT2D eigenvalue weighted by molar-refractivity contribution is -0.134. The molecule has 0 spiro atoms. The van der Waals surface area contributed by atoms with Crippen molar-refractivity contribution < 1.29 is 4.79 Å². The molecular weight excluding hydrogens is 248 g/mol. The maximum atomic E-state index is 12.6. The van der Waals surface area contributed by atoms with Crippen LogP contribution >= 0.6 is 0 Å². The number of benzene rings is 1. The van der Waals surface area contributed by atoms with Gasteiger partial charge in [0.15, 0.2) is 0 Å². The summed E-state index contributed by atoms with van der Waals surface area (Å²) >= 11 is 0. The molecule has 1 heterocycles. The summed E-state index contributed by atoms with van der Waals surface area (Å²) in [7, 11) is 0. The Bertz CT molecular complexity index is 430. The Morgan fingerprint density at radius 3 is 2.65 bits per heavy atom. The van der Waals surface area contributed by atoms with Gasteiger partial charge in [-0.3, -0.25) is 4.79 Å². The van der Waals surface area contributed by atoms with Gasteiger partial charge in [-0.1, -0.05) is 44.2 Å². The first-order valence-electron chi connectivity index (χ1n) is 7.64. The fourth-order valence-electron chi connectivity index (χ4n) is 2.96. The number of hydrogen-bond acceptors (Lipinski definition) is 2. The van der Waals surface area contributed by atoms with Crippen molar-refractivity contribution in [3.8, 4) is 0 Å². The summed E-state index contributed by atoms with van der Waals surface area (Å²) in [6.07, 6.45) is 0.617. The van der Waals surface area contributed by atoms with E-state index in [4.69, 9.17) is 0 Å². The second-order valence-corrected chi connectivity index (χ2v) is 6.11. The quantitative estimate of drug-likeness (QED) is 0.915. The predicted molar refractivity (Wildman–Crippen MR) is 82.7 cm³/mol. The molecule has 3 heteroatoms. The molecule has 1 aromatic rings. The molecule has 1 aliphatic rings. The molecule has 1 fully saturated rings. The van der Waals surface area contributed by atoms with Gasteiger partial charge in [0, 0.05) is 32.1 Å². The van der Waals surface area contributed by atoms with Gasteiger partial charge in [-0.2, -0.15) is 0 Å². The molecule has 2 atom stereocenters. The molecule has 0 saturated carbocycles. The van der Waals surface area contributed by atoms with E-state index >= 15 is 0 Å². The van der Waals surface area contributed by atoms with Crippen LogP contribution in [0, 0.1) is 5.92 Å². The van der Waals surface area contributed by atoms with Crippen LogP contribution < -0.4 is 5.32 Å². The van der Waals surface area contributed by atoms with Crippen LogP contribution in [-0.2, 0) is 4.79 Å². The summed E-state index contributed by atoms with van der Waals surface area (Å²) in [6, 6.07) is 10.7. The summed E-state index contributed by atoms with van der Waals surface area (Å²) < 4.78 is 0. The number of carbonyl (C=O) groups excluding carboxylic acids is 1. The molecule has 0 bridgehead atoms. The average Bonchev–Trinajstić information content (AvgIpc) is 2.45. The van der Waals surface area contributed by atoms with E-state index in [1.807, 2.05) is 11.0 Å². The monoisotopic (exact) mass is 274 g/mol. The van der Waals surface area contributed by atoms with E-state index in [2.05, 4.69) is 50.4 Å². The van der Waals surface area contributed by atoms with Crippen molar-refractivity contribution in [2.45, 2.75) is 39.2 Å². The number of nitrogens with zero attached hydrogens (tertiary/aromatic N) is 1. The standard InChI is InChI=1S/C17H26N2O/c1-13(2)16(15-7-5-4-6-8-15)11-17(20)19-10-9-18-12-14(19)3/h4-8,13-14,16,18H,9-12H2,1-3H3. The molecule has 0 aromatic heterocycles. The Morgan fingerprint density at radius 1 is 1.35 bits per heavy atom. The van der Waals surface area contributed by atoms with E-state index < -0.39 is 0 Å². The normalized spacial score (nSPS) is 21.0. The zero-order valence-electron chi connectivity index (χ0n) is 12.8. The van der Waals surface area contributed by atoms with Crippen molar-refractivity contribution in [2.24, 2.45) is 5.92 Å². The maximum absolute atomic E-state index is 12.6. The van der Waals surface area contributed by atoms with Crippen molar-refractivity contribution >= 4 is 5.91 Å². The summed E-state index contributed by atoms with van der Waals surface area (Å²) in [5, 5.41) is 3.33. The minimum atomic E-state index is 0.293. The largest absolute Gasteiger partial charge is 0.337 e. The van der Waals surface area contributed by atoms with Gasteiger partial charge in [0.1, 0.15) is 0 Å². The third kappa shape index (κ3) is 3.60. The van der Waals surface area contributed by atoms with Crippen LogP contribution in [0.25, 0.3) is 0 Å². The molecule has 0 aliphatic carbocycles. The highest BCUT2D eigenvalue weighted by Gasteiger charge is 2.27. The number of piperazine rings is 1. The maximum Gasteiger partial charge on any atom is 0.223 e. The molecule has 0 radical (unpaired) electrons. The van der Waals surface area contributed by atoms with E-state index in [1.54, 1.807) is 0 Å². The molecule has 1 aliphatic heterocycles.